The molecule has 0 heterocycles. The van der Waals surface area contributed by atoms with Crippen molar-refractivity contribution in [1.82, 2.24) is 0 Å². The van der Waals surface area contributed by atoms with Crippen LogP contribution in [0.5, 0.6) is 0 Å². The highest BCUT2D eigenvalue weighted by Gasteiger charge is 2.07. The van der Waals surface area contributed by atoms with E-state index in [0.29, 0.717) is 6.10 Å². The predicted molar refractivity (Wildman–Crippen MR) is 74.3 cm³/mol. The highest BCUT2D eigenvalue weighted by Crippen LogP contribution is 2.14. The van der Waals surface area contributed by atoms with Crippen LogP contribution in [0.15, 0.2) is 0 Å². The van der Waals surface area contributed by atoms with Crippen LogP contribution in [0.2, 0.25) is 0 Å². The first-order valence-electron chi connectivity index (χ1n) is 7.57. The fraction of sp³-hybridized carbons (Fsp3) is 1.00. The van der Waals surface area contributed by atoms with Gasteiger partial charge >= 0.3 is 0 Å². The van der Waals surface area contributed by atoms with Gasteiger partial charge in [0, 0.05) is 13.2 Å². The summed E-state index contributed by atoms with van der Waals surface area (Å²) in [6.45, 7) is 5.43. The average molecular weight is 244 g/mol. The summed E-state index contributed by atoms with van der Waals surface area (Å²) in [6, 6.07) is 0. The molecular weight excluding hydrogens is 212 g/mol. The molecule has 0 rings (SSSR count). The number of hydrogen-bond acceptors (Lipinski definition) is 2. The van der Waals surface area contributed by atoms with Gasteiger partial charge in [0.2, 0.25) is 0 Å². The van der Waals surface area contributed by atoms with Gasteiger partial charge in [-0.15, -0.1) is 0 Å². The largest absolute Gasteiger partial charge is 0.396 e. The Kier molecular flexibility index (Phi) is 13.9. The molecule has 0 saturated carbocycles. The Morgan fingerprint density at radius 1 is 0.824 bits per heavy atom. The second-order valence-corrected chi connectivity index (χ2v) is 4.92. The van der Waals surface area contributed by atoms with Crippen molar-refractivity contribution < 1.29 is 9.84 Å². The van der Waals surface area contributed by atoms with Gasteiger partial charge in [-0.3, -0.25) is 0 Å². The lowest BCUT2D eigenvalue weighted by atomic mass is 10.0. The molecule has 17 heavy (non-hydrogen) atoms. The third-order valence-electron chi connectivity index (χ3n) is 3.15. The van der Waals surface area contributed by atoms with Crippen molar-refractivity contribution in [2.75, 3.05) is 13.2 Å². The van der Waals surface area contributed by atoms with Crippen molar-refractivity contribution in [1.29, 1.82) is 0 Å². The SMILES string of the molecule is CCCCCCCCC(CCC)OCCCO. The van der Waals surface area contributed by atoms with Gasteiger partial charge in [-0.25, -0.2) is 0 Å². The van der Waals surface area contributed by atoms with Crippen LogP contribution in [0.3, 0.4) is 0 Å². The van der Waals surface area contributed by atoms with Crippen molar-refractivity contribution in [2.24, 2.45) is 0 Å². The minimum atomic E-state index is 0.246. The Morgan fingerprint density at radius 2 is 1.53 bits per heavy atom. The fourth-order valence-corrected chi connectivity index (χ4v) is 2.10. The number of unbranched alkanes of at least 4 members (excludes halogenated alkanes) is 5. The monoisotopic (exact) mass is 244 g/mol. The van der Waals surface area contributed by atoms with E-state index in [1.807, 2.05) is 0 Å². The Hall–Kier alpha value is -0.0800. The van der Waals surface area contributed by atoms with Crippen molar-refractivity contribution in [2.45, 2.75) is 84.2 Å². The Labute approximate surface area is 108 Å². The average Bonchev–Trinajstić information content (AvgIpc) is 2.34. The summed E-state index contributed by atoms with van der Waals surface area (Å²) < 4.78 is 5.79. The van der Waals surface area contributed by atoms with Crippen LogP contribution in [0.4, 0.5) is 0 Å². The molecule has 1 N–H and O–H groups in total. The van der Waals surface area contributed by atoms with Gasteiger partial charge in [0.15, 0.2) is 0 Å². The standard InChI is InChI=1S/C15H32O2/c1-3-5-6-7-8-9-12-15(11-4-2)17-14-10-13-16/h15-16H,3-14H2,1-2H3. The minimum Gasteiger partial charge on any atom is -0.396 e. The molecule has 2 heteroatoms. The van der Waals surface area contributed by atoms with Gasteiger partial charge in [0.25, 0.3) is 0 Å². The van der Waals surface area contributed by atoms with Crippen molar-refractivity contribution in [3.63, 3.8) is 0 Å². The number of rotatable bonds is 13. The van der Waals surface area contributed by atoms with E-state index in [4.69, 9.17) is 9.84 Å². The molecule has 2 nitrogen and oxygen atoms in total. The van der Waals surface area contributed by atoms with Crippen molar-refractivity contribution in [3.05, 3.63) is 0 Å². The molecule has 0 aliphatic rings. The zero-order valence-corrected chi connectivity index (χ0v) is 11.9. The Morgan fingerprint density at radius 3 is 2.18 bits per heavy atom. The number of aliphatic hydroxyl groups excluding tert-OH is 1. The summed E-state index contributed by atoms with van der Waals surface area (Å²) >= 11 is 0. The third kappa shape index (κ3) is 12.2. The Balaban J connectivity index is 3.41. The molecule has 104 valence electrons. The van der Waals surface area contributed by atoms with Crippen LogP contribution in [0.25, 0.3) is 0 Å². The molecule has 0 aromatic rings. The third-order valence-corrected chi connectivity index (χ3v) is 3.15. The maximum atomic E-state index is 8.73. The lowest BCUT2D eigenvalue weighted by molar-refractivity contribution is 0.0315. The molecule has 0 aliphatic heterocycles. The maximum Gasteiger partial charge on any atom is 0.0575 e. The molecule has 0 aromatic heterocycles. The minimum absolute atomic E-state index is 0.246. The molecule has 0 aliphatic carbocycles. The molecule has 0 bridgehead atoms. The summed E-state index contributed by atoms with van der Waals surface area (Å²) in [6.07, 6.45) is 12.9. The summed E-state index contributed by atoms with van der Waals surface area (Å²) in [5.41, 5.74) is 0. The molecular formula is C15H32O2. The lowest BCUT2D eigenvalue weighted by Crippen LogP contribution is -2.14. The van der Waals surface area contributed by atoms with Gasteiger partial charge in [0.1, 0.15) is 0 Å². The Bertz CT molecular complexity index is 137. The molecule has 1 unspecified atom stereocenters. The second-order valence-electron chi connectivity index (χ2n) is 4.92. The second kappa shape index (κ2) is 14.0. The van der Waals surface area contributed by atoms with Crippen LogP contribution >= 0.6 is 0 Å². The summed E-state index contributed by atoms with van der Waals surface area (Å²) in [5.74, 6) is 0. The molecule has 0 saturated heterocycles. The molecule has 0 fully saturated rings. The molecule has 0 spiro atoms. The highest BCUT2D eigenvalue weighted by atomic mass is 16.5. The first-order chi connectivity index (χ1) is 8.35. The van der Waals surface area contributed by atoms with E-state index in [-0.39, 0.29) is 6.61 Å². The van der Waals surface area contributed by atoms with Gasteiger partial charge < -0.3 is 9.84 Å². The van der Waals surface area contributed by atoms with E-state index < -0.39 is 0 Å². The smallest absolute Gasteiger partial charge is 0.0575 e. The summed E-state index contributed by atoms with van der Waals surface area (Å²) in [5, 5.41) is 8.73. The quantitative estimate of drug-likeness (QED) is 0.489. The summed E-state index contributed by atoms with van der Waals surface area (Å²) in [4.78, 5) is 0. The van der Waals surface area contributed by atoms with E-state index in [1.165, 1.54) is 57.8 Å². The van der Waals surface area contributed by atoms with Gasteiger partial charge in [-0.2, -0.15) is 0 Å². The van der Waals surface area contributed by atoms with E-state index in [1.54, 1.807) is 0 Å². The highest BCUT2D eigenvalue weighted by molar-refractivity contribution is 4.58. The summed E-state index contributed by atoms with van der Waals surface area (Å²) in [7, 11) is 0. The van der Waals surface area contributed by atoms with Crippen LogP contribution < -0.4 is 0 Å². The van der Waals surface area contributed by atoms with E-state index in [9.17, 15) is 0 Å². The van der Waals surface area contributed by atoms with Crippen molar-refractivity contribution >= 4 is 0 Å². The van der Waals surface area contributed by atoms with Crippen molar-refractivity contribution in [3.8, 4) is 0 Å². The zero-order chi connectivity index (χ0) is 12.8. The normalized spacial score (nSPS) is 12.9. The van der Waals surface area contributed by atoms with Gasteiger partial charge in [-0.1, -0.05) is 58.8 Å². The van der Waals surface area contributed by atoms with E-state index in [0.717, 1.165) is 13.0 Å². The van der Waals surface area contributed by atoms with E-state index in [2.05, 4.69) is 13.8 Å². The van der Waals surface area contributed by atoms with Gasteiger partial charge in [0.05, 0.1) is 6.10 Å². The van der Waals surface area contributed by atoms with Gasteiger partial charge in [-0.05, 0) is 19.3 Å². The molecule has 0 aromatic carbocycles. The number of aliphatic hydroxyl groups is 1. The fourth-order valence-electron chi connectivity index (χ4n) is 2.10. The topological polar surface area (TPSA) is 29.5 Å². The number of hydrogen-bond donors (Lipinski definition) is 1. The maximum absolute atomic E-state index is 8.73. The first-order valence-corrected chi connectivity index (χ1v) is 7.57. The molecule has 0 radical (unpaired) electrons. The number of ether oxygens (including phenoxy) is 1. The van der Waals surface area contributed by atoms with E-state index >= 15 is 0 Å². The molecule has 0 amide bonds. The van der Waals surface area contributed by atoms with Crippen LogP contribution in [0, 0.1) is 0 Å². The molecule has 1 atom stereocenters. The predicted octanol–water partition coefficient (Wildman–Crippen LogP) is 4.30. The lowest BCUT2D eigenvalue weighted by Gasteiger charge is -2.16. The zero-order valence-electron chi connectivity index (χ0n) is 11.9. The van der Waals surface area contributed by atoms with Crippen LogP contribution in [-0.2, 0) is 4.74 Å². The van der Waals surface area contributed by atoms with Crippen LogP contribution in [-0.4, -0.2) is 24.4 Å². The first kappa shape index (κ1) is 16.9. The van der Waals surface area contributed by atoms with Crippen LogP contribution in [0.1, 0.15) is 78.1 Å².